The van der Waals surface area contributed by atoms with Gasteiger partial charge < -0.3 is 15.4 Å². The van der Waals surface area contributed by atoms with Gasteiger partial charge in [-0.05, 0) is 24.8 Å². The molecule has 0 radical (unpaired) electrons. The third kappa shape index (κ3) is 4.08. The summed E-state index contributed by atoms with van der Waals surface area (Å²) < 4.78 is 5.50. The second-order valence-corrected chi connectivity index (χ2v) is 5.24. The highest BCUT2D eigenvalue weighted by molar-refractivity contribution is 6.33. The Bertz CT molecular complexity index is 463. The highest BCUT2D eigenvalue weighted by Crippen LogP contribution is 2.28. The molecule has 1 aliphatic carbocycles. The molecule has 0 aromatic carbocycles. The highest BCUT2D eigenvalue weighted by Gasteiger charge is 2.21. The molecule has 1 aromatic rings. The van der Waals surface area contributed by atoms with Crippen molar-refractivity contribution in [1.29, 1.82) is 0 Å². The summed E-state index contributed by atoms with van der Waals surface area (Å²) in [6, 6.07) is 1.49. The molecule has 0 spiro atoms. The van der Waals surface area contributed by atoms with Gasteiger partial charge in [0.1, 0.15) is 5.82 Å². The Hall–Kier alpha value is -1.33. The Labute approximate surface area is 117 Å². The number of amides is 1. The van der Waals surface area contributed by atoms with Crippen molar-refractivity contribution < 1.29 is 9.53 Å². The lowest BCUT2D eigenvalue weighted by molar-refractivity contribution is 0.0681. The minimum absolute atomic E-state index is 0.172. The van der Waals surface area contributed by atoms with E-state index in [2.05, 4.69) is 4.98 Å². The highest BCUT2D eigenvalue weighted by atomic mass is 35.5. The molecule has 0 saturated heterocycles. The predicted octanol–water partition coefficient (Wildman–Crippen LogP) is 1.82. The van der Waals surface area contributed by atoms with Crippen LogP contribution >= 0.6 is 11.6 Å². The summed E-state index contributed by atoms with van der Waals surface area (Å²) in [5.74, 6) is 0.843. The van der Waals surface area contributed by atoms with Crippen LogP contribution in [0.25, 0.3) is 0 Å². The number of rotatable bonds is 6. The molecule has 0 unspecified atom stereocenters. The number of likely N-dealkylation sites (N-methyl/N-ethyl adjacent to an activating group) is 1. The first-order chi connectivity index (χ1) is 9.08. The molecule has 2 N–H and O–H groups in total. The topological polar surface area (TPSA) is 68.5 Å². The number of nitrogen functional groups attached to an aromatic ring is 1. The van der Waals surface area contributed by atoms with Gasteiger partial charge in [0.05, 0.1) is 17.2 Å². The number of hydrogen-bond acceptors (Lipinski definition) is 4. The number of carbonyl (C=O) groups excluding carboxylic acids is 1. The van der Waals surface area contributed by atoms with Gasteiger partial charge in [0.2, 0.25) is 0 Å². The van der Waals surface area contributed by atoms with Crippen LogP contribution in [0.4, 0.5) is 5.82 Å². The van der Waals surface area contributed by atoms with Crippen molar-refractivity contribution in [1.82, 2.24) is 9.88 Å². The summed E-state index contributed by atoms with van der Waals surface area (Å²) >= 11 is 5.95. The van der Waals surface area contributed by atoms with E-state index in [4.69, 9.17) is 22.1 Å². The maximum Gasteiger partial charge on any atom is 0.255 e. The van der Waals surface area contributed by atoms with E-state index in [9.17, 15) is 4.79 Å². The van der Waals surface area contributed by atoms with Crippen molar-refractivity contribution in [2.45, 2.75) is 12.8 Å². The molecule has 2 rings (SSSR count). The van der Waals surface area contributed by atoms with Gasteiger partial charge in [-0.1, -0.05) is 11.6 Å². The number of anilines is 1. The lowest BCUT2D eigenvalue weighted by Gasteiger charge is -2.18. The molecule has 0 bridgehead atoms. The van der Waals surface area contributed by atoms with Crippen molar-refractivity contribution in [2.24, 2.45) is 5.92 Å². The standard InChI is InChI=1S/C13H18ClN3O2/c1-17(4-5-19-8-9-2-3-9)13(18)10-6-12(15)16-7-11(10)14/h6-7,9H,2-5,8H2,1H3,(H2,15,16). The fourth-order valence-electron chi connectivity index (χ4n) is 1.66. The van der Waals surface area contributed by atoms with Crippen LogP contribution < -0.4 is 5.73 Å². The molecule has 1 aromatic heterocycles. The molecule has 1 fully saturated rings. The largest absolute Gasteiger partial charge is 0.384 e. The van der Waals surface area contributed by atoms with Crippen LogP contribution in [0.3, 0.4) is 0 Å². The van der Waals surface area contributed by atoms with Crippen LogP contribution in [0.1, 0.15) is 23.2 Å². The first-order valence-corrected chi connectivity index (χ1v) is 6.70. The first-order valence-electron chi connectivity index (χ1n) is 6.32. The Kier molecular flexibility index (Phi) is 4.61. The molecule has 1 saturated carbocycles. The number of carbonyl (C=O) groups is 1. The van der Waals surface area contributed by atoms with Crippen LogP contribution in [-0.2, 0) is 4.74 Å². The average Bonchev–Trinajstić information content (AvgIpc) is 3.20. The molecule has 5 nitrogen and oxygen atoms in total. The Morgan fingerprint density at radius 1 is 1.63 bits per heavy atom. The van der Waals surface area contributed by atoms with E-state index in [-0.39, 0.29) is 11.7 Å². The minimum atomic E-state index is -0.172. The number of nitrogens with two attached hydrogens (primary N) is 1. The number of pyridine rings is 1. The average molecular weight is 284 g/mol. The zero-order chi connectivity index (χ0) is 13.8. The van der Waals surface area contributed by atoms with E-state index in [1.54, 1.807) is 11.9 Å². The summed E-state index contributed by atoms with van der Waals surface area (Å²) in [4.78, 5) is 17.6. The lowest BCUT2D eigenvalue weighted by Crippen LogP contribution is -2.30. The van der Waals surface area contributed by atoms with E-state index >= 15 is 0 Å². The van der Waals surface area contributed by atoms with E-state index in [1.807, 2.05) is 0 Å². The van der Waals surface area contributed by atoms with Crippen molar-refractivity contribution in [3.8, 4) is 0 Å². The molecule has 1 amide bonds. The van der Waals surface area contributed by atoms with Crippen LogP contribution in [-0.4, -0.2) is 42.6 Å². The Morgan fingerprint density at radius 3 is 3.05 bits per heavy atom. The number of hydrogen-bond donors (Lipinski definition) is 1. The molecule has 0 aliphatic heterocycles. The summed E-state index contributed by atoms with van der Waals surface area (Å²) in [6.07, 6.45) is 3.92. The fraction of sp³-hybridized carbons (Fsp3) is 0.538. The summed E-state index contributed by atoms with van der Waals surface area (Å²) in [5, 5.41) is 0.310. The van der Waals surface area contributed by atoms with E-state index < -0.39 is 0 Å². The van der Waals surface area contributed by atoms with Gasteiger partial charge in [-0.3, -0.25) is 4.79 Å². The van der Waals surface area contributed by atoms with Gasteiger partial charge in [0, 0.05) is 26.4 Å². The second kappa shape index (κ2) is 6.21. The maximum atomic E-state index is 12.2. The second-order valence-electron chi connectivity index (χ2n) is 4.83. The van der Waals surface area contributed by atoms with Crippen LogP contribution in [0, 0.1) is 5.92 Å². The van der Waals surface area contributed by atoms with Crippen LogP contribution in [0.5, 0.6) is 0 Å². The SMILES string of the molecule is CN(CCOCC1CC1)C(=O)c1cc(N)ncc1Cl. The molecule has 1 heterocycles. The quantitative estimate of drug-likeness (QED) is 0.809. The molecule has 6 heteroatoms. The molecular weight excluding hydrogens is 266 g/mol. The van der Waals surface area contributed by atoms with Gasteiger partial charge >= 0.3 is 0 Å². The third-order valence-electron chi connectivity index (χ3n) is 3.08. The number of aromatic nitrogens is 1. The van der Waals surface area contributed by atoms with E-state index in [1.165, 1.54) is 25.1 Å². The monoisotopic (exact) mass is 283 g/mol. The van der Waals surface area contributed by atoms with E-state index in [0.717, 1.165) is 12.5 Å². The Balaban J connectivity index is 1.84. The van der Waals surface area contributed by atoms with E-state index in [0.29, 0.717) is 23.7 Å². The smallest absolute Gasteiger partial charge is 0.255 e. The van der Waals surface area contributed by atoms with Crippen molar-refractivity contribution in [3.63, 3.8) is 0 Å². The summed E-state index contributed by atoms with van der Waals surface area (Å²) in [5.41, 5.74) is 5.94. The number of halogens is 1. The van der Waals surface area contributed by atoms with Gasteiger partial charge in [-0.25, -0.2) is 4.98 Å². The van der Waals surface area contributed by atoms with Crippen molar-refractivity contribution in [3.05, 3.63) is 22.8 Å². The van der Waals surface area contributed by atoms with Crippen LogP contribution in [0.15, 0.2) is 12.3 Å². The van der Waals surface area contributed by atoms with Crippen molar-refractivity contribution >= 4 is 23.3 Å². The Morgan fingerprint density at radius 2 is 2.37 bits per heavy atom. The minimum Gasteiger partial charge on any atom is -0.384 e. The zero-order valence-corrected chi connectivity index (χ0v) is 11.7. The molecule has 104 valence electrons. The molecular formula is C13H18ClN3O2. The maximum absolute atomic E-state index is 12.2. The summed E-state index contributed by atoms with van der Waals surface area (Å²) in [7, 11) is 1.72. The first kappa shape index (κ1) is 14.1. The predicted molar refractivity (Wildman–Crippen MR) is 74.2 cm³/mol. The van der Waals surface area contributed by atoms with Gasteiger partial charge in [-0.15, -0.1) is 0 Å². The molecule has 19 heavy (non-hydrogen) atoms. The molecule has 0 atom stereocenters. The lowest BCUT2D eigenvalue weighted by atomic mass is 10.2. The normalized spacial score (nSPS) is 14.4. The van der Waals surface area contributed by atoms with Gasteiger partial charge in [0.25, 0.3) is 5.91 Å². The van der Waals surface area contributed by atoms with Crippen LogP contribution in [0.2, 0.25) is 5.02 Å². The van der Waals surface area contributed by atoms with Gasteiger partial charge in [-0.2, -0.15) is 0 Å². The molecule has 1 aliphatic rings. The fourth-order valence-corrected chi connectivity index (χ4v) is 1.85. The number of nitrogens with zero attached hydrogens (tertiary/aromatic N) is 2. The van der Waals surface area contributed by atoms with Gasteiger partial charge in [0.15, 0.2) is 0 Å². The summed E-state index contributed by atoms with van der Waals surface area (Å²) in [6.45, 7) is 1.87. The van der Waals surface area contributed by atoms with Crippen molar-refractivity contribution in [2.75, 3.05) is 32.5 Å². The third-order valence-corrected chi connectivity index (χ3v) is 3.38. The number of ether oxygens (including phenoxy) is 1. The zero-order valence-electron chi connectivity index (χ0n) is 10.9.